The van der Waals surface area contributed by atoms with Gasteiger partial charge in [-0.1, -0.05) is 57.2 Å². The molecule has 1 unspecified atom stereocenters. The summed E-state index contributed by atoms with van der Waals surface area (Å²) in [4.78, 5) is 14.9. The Morgan fingerprint density at radius 2 is 1.42 bits per heavy atom. The first kappa shape index (κ1) is 18.5. The topological polar surface area (TPSA) is 29.5 Å². The summed E-state index contributed by atoms with van der Waals surface area (Å²) >= 11 is 0. The lowest BCUT2D eigenvalue weighted by Gasteiger charge is -2.22. The van der Waals surface area contributed by atoms with Crippen LogP contribution in [0.25, 0.3) is 0 Å². The Labute approximate surface area is 157 Å². The number of anilines is 1. The fourth-order valence-electron chi connectivity index (χ4n) is 3.61. The molecule has 3 nitrogen and oxygen atoms in total. The molecule has 1 saturated heterocycles. The molecular weight excluding hydrogens is 322 g/mol. The summed E-state index contributed by atoms with van der Waals surface area (Å²) < 4.78 is 5.10. The molecule has 0 saturated carbocycles. The predicted molar refractivity (Wildman–Crippen MR) is 107 cm³/mol. The molecule has 1 heterocycles. The van der Waals surface area contributed by atoms with Crippen LogP contribution >= 0.6 is 0 Å². The van der Waals surface area contributed by atoms with E-state index in [0.717, 1.165) is 24.2 Å². The van der Waals surface area contributed by atoms with Crippen LogP contribution in [0.2, 0.25) is 0 Å². The van der Waals surface area contributed by atoms with Gasteiger partial charge in [0, 0.05) is 18.8 Å². The van der Waals surface area contributed by atoms with Gasteiger partial charge in [0.1, 0.15) is 5.92 Å². The van der Waals surface area contributed by atoms with E-state index < -0.39 is 0 Å². The van der Waals surface area contributed by atoms with E-state index in [0.29, 0.717) is 0 Å². The second-order valence-electron chi connectivity index (χ2n) is 8.11. The molecule has 138 valence electrons. The average Bonchev–Trinajstić information content (AvgIpc) is 3.17. The Morgan fingerprint density at radius 3 is 1.88 bits per heavy atom. The average molecular weight is 351 g/mol. The predicted octanol–water partition coefficient (Wildman–Crippen LogP) is 4.89. The standard InChI is InChI=1S/C23H29NO2/c1-23(2,3)19-11-7-17(8-12-19)21(22(25)26-4)18-9-13-20(14-10-18)24-15-5-6-16-24/h7-14,21H,5-6,15-16H2,1-4H3. The number of nitrogens with zero attached hydrogens (tertiary/aromatic N) is 1. The van der Waals surface area contributed by atoms with Crippen molar-refractivity contribution in [2.75, 3.05) is 25.1 Å². The van der Waals surface area contributed by atoms with Gasteiger partial charge < -0.3 is 9.64 Å². The largest absolute Gasteiger partial charge is 0.468 e. The molecule has 1 aliphatic rings. The molecule has 1 atom stereocenters. The highest BCUT2D eigenvalue weighted by molar-refractivity contribution is 5.82. The summed E-state index contributed by atoms with van der Waals surface area (Å²) in [6, 6.07) is 16.7. The Kier molecular flexibility index (Phi) is 5.36. The Bertz CT molecular complexity index is 735. The smallest absolute Gasteiger partial charge is 0.317 e. The zero-order valence-corrected chi connectivity index (χ0v) is 16.3. The maximum absolute atomic E-state index is 12.5. The van der Waals surface area contributed by atoms with Gasteiger partial charge in [-0.25, -0.2) is 0 Å². The summed E-state index contributed by atoms with van der Waals surface area (Å²) in [7, 11) is 1.46. The van der Waals surface area contributed by atoms with Gasteiger partial charge in [0.2, 0.25) is 0 Å². The van der Waals surface area contributed by atoms with Gasteiger partial charge in [-0.2, -0.15) is 0 Å². The highest BCUT2D eigenvalue weighted by Gasteiger charge is 2.25. The van der Waals surface area contributed by atoms with E-state index in [1.165, 1.54) is 31.2 Å². The van der Waals surface area contributed by atoms with Gasteiger partial charge in [0.05, 0.1) is 7.11 Å². The minimum Gasteiger partial charge on any atom is -0.468 e. The summed E-state index contributed by atoms with van der Waals surface area (Å²) in [5, 5.41) is 0. The second-order valence-corrected chi connectivity index (χ2v) is 8.11. The third-order valence-electron chi connectivity index (χ3n) is 5.24. The number of benzene rings is 2. The van der Waals surface area contributed by atoms with Gasteiger partial charge in [-0.3, -0.25) is 4.79 Å². The van der Waals surface area contributed by atoms with Crippen LogP contribution < -0.4 is 4.90 Å². The van der Waals surface area contributed by atoms with Crippen LogP contribution in [0.1, 0.15) is 56.2 Å². The molecular formula is C23H29NO2. The Morgan fingerprint density at radius 1 is 0.923 bits per heavy atom. The molecule has 26 heavy (non-hydrogen) atoms. The van der Waals surface area contributed by atoms with Crippen LogP contribution in [-0.2, 0) is 14.9 Å². The van der Waals surface area contributed by atoms with E-state index >= 15 is 0 Å². The van der Waals surface area contributed by atoms with E-state index in [9.17, 15) is 4.79 Å². The fourth-order valence-corrected chi connectivity index (χ4v) is 3.61. The lowest BCUT2D eigenvalue weighted by atomic mass is 9.84. The van der Waals surface area contributed by atoms with Crippen molar-refractivity contribution in [3.05, 3.63) is 65.2 Å². The van der Waals surface area contributed by atoms with Crippen molar-refractivity contribution in [3.8, 4) is 0 Å². The first-order chi connectivity index (χ1) is 12.4. The number of carbonyl (C=O) groups is 1. The van der Waals surface area contributed by atoms with E-state index in [2.05, 4.69) is 74.2 Å². The minimum atomic E-state index is -0.387. The van der Waals surface area contributed by atoms with Crippen molar-refractivity contribution in [2.45, 2.75) is 44.9 Å². The number of methoxy groups -OCH3 is 1. The monoisotopic (exact) mass is 351 g/mol. The van der Waals surface area contributed by atoms with Crippen molar-refractivity contribution >= 4 is 11.7 Å². The van der Waals surface area contributed by atoms with E-state index in [1.54, 1.807) is 0 Å². The van der Waals surface area contributed by atoms with E-state index in [-0.39, 0.29) is 17.3 Å². The lowest BCUT2D eigenvalue weighted by molar-refractivity contribution is -0.141. The molecule has 0 spiro atoms. The number of hydrogen-bond donors (Lipinski definition) is 0. The molecule has 0 N–H and O–H groups in total. The van der Waals surface area contributed by atoms with Gasteiger partial charge in [-0.05, 0) is 47.1 Å². The van der Waals surface area contributed by atoms with Crippen LogP contribution in [0.4, 0.5) is 5.69 Å². The third-order valence-corrected chi connectivity index (χ3v) is 5.24. The molecule has 3 rings (SSSR count). The lowest BCUT2D eigenvalue weighted by Crippen LogP contribution is -2.19. The molecule has 1 fully saturated rings. The molecule has 0 radical (unpaired) electrons. The molecule has 0 amide bonds. The number of carbonyl (C=O) groups excluding carboxylic acids is 1. The molecule has 3 heteroatoms. The Balaban J connectivity index is 1.89. The second kappa shape index (κ2) is 7.53. The van der Waals surface area contributed by atoms with Crippen LogP contribution in [-0.4, -0.2) is 26.2 Å². The van der Waals surface area contributed by atoms with Gasteiger partial charge in [-0.15, -0.1) is 0 Å². The zero-order chi connectivity index (χ0) is 18.7. The normalized spacial score (nSPS) is 15.8. The number of ether oxygens (including phenoxy) is 1. The maximum Gasteiger partial charge on any atom is 0.317 e. The highest BCUT2D eigenvalue weighted by atomic mass is 16.5. The van der Waals surface area contributed by atoms with Crippen molar-refractivity contribution in [1.29, 1.82) is 0 Å². The molecule has 1 aliphatic heterocycles. The van der Waals surface area contributed by atoms with Gasteiger partial charge in [0.15, 0.2) is 0 Å². The number of rotatable bonds is 4. The van der Waals surface area contributed by atoms with Crippen molar-refractivity contribution < 1.29 is 9.53 Å². The SMILES string of the molecule is COC(=O)C(c1ccc(N2CCCC2)cc1)c1ccc(C(C)(C)C)cc1. The zero-order valence-electron chi connectivity index (χ0n) is 16.3. The highest BCUT2D eigenvalue weighted by Crippen LogP contribution is 2.31. The number of esters is 1. The van der Waals surface area contributed by atoms with Crippen molar-refractivity contribution in [3.63, 3.8) is 0 Å². The summed E-state index contributed by atoms with van der Waals surface area (Å²) in [5.41, 5.74) is 4.53. The first-order valence-corrected chi connectivity index (χ1v) is 9.43. The van der Waals surface area contributed by atoms with Gasteiger partial charge >= 0.3 is 5.97 Å². The van der Waals surface area contributed by atoms with Crippen LogP contribution in [0.5, 0.6) is 0 Å². The molecule has 2 aromatic rings. The van der Waals surface area contributed by atoms with E-state index in [1.807, 2.05) is 0 Å². The summed E-state index contributed by atoms with van der Waals surface area (Å²) in [6.07, 6.45) is 2.51. The molecule has 0 bridgehead atoms. The minimum absolute atomic E-state index is 0.0939. The maximum atomic E-state index is 12.5. The van der Waals surface area contributed by atoms with E-state index in [4.69, 9.17) is 4.74 Å². The van der Waals surface area contributed by atoms with Gasteiger partial charge in [0.25, 0.3) is 0 Å². The van der Waals surface area contributed by atoms with Crippen molar-refractivity contribution in [1.82, 2.24) is 0 Å². The third kappa shape index (κ3) is 3.92. The first-order valence-electron chi connectivity index (χ1n) is 9.43. The molecule has 0 aliphatic carbocycles. The summed E-state index contributed by atoms with van der Waals surface area (Å²) in [5.74, 6) is -0.607. The fraction of sp³-hybridized carbons (Fsp3) is 0.435. The van der Waals surface area contributed by atoms with Crippen molar-refractivity contribution in [2.24, 2.45) is 0 Å². The van der Waals surface area contributed by atoms with Crippen LogP contribution in [0.3, 0.4) is 0 Å². The summed E-state index contributed by atoms with van der Waals surface area (Å²) in [6.45, 7) is 8.81. The molecule has 0 aromatic heterocycles. The molecule has 2 aromatic carbocycles. The van der Waals surface area contributed by atoms with Crippen LogP contribution in [0.15, 0.2) is 48.5 Å². The van der Waals surface area contributed by atoms with Crippen LogP contribution in [0, 0.1) is 0 Å². The Hall–Kier alpha value is -2.29. The number of hydrogen-bond acceptors (Lipinski definition) is 3. The quantitative estimate of drug-likeness (QED) is 0.735.